The fourth-order valence-electron chi connectivity index (χ4n) is 2.50. The molecular formula is C20H30ClIN4O2S. The lowest BCUT2D eigenvalue weighted by Crippen LogP contribution is -2.39. The lowest BCUT2D eigenvalue weighted by molar-refractivity contribution is 0.119. The minimum Gasteiger partial charge on any atom is -0.489 e. The Balaban J connectivity index is 0.00000420. The predicted octanol–water partition coefficient (Wildman–Crippen LogP) is 4.99. The normalized spacial score (nSPS) is 13.4. The minimum absolute atomic E-state index is 0. The molecule has 9 heteroatoms. The van der Waals surface area contributed by atoms with Gasteiger partial charge in [0, 0.05) is 31.1 Å². The van der Waals surface area contributed by atoms with Gasteiger partial charge in [-0.15, -0.1) is 35.3 Å². The average molecular weight is 553 g/mol. The number of rotatable bonds is 9. The molecule has 2 unspecified atom stereocenters. The average Bonchev–Trinajstić information content (AvgIpc) is 3.12. The fraction of sp³-hybridized carbons (Fsp3) is 0.500. The van der Waals surface area contributed by atoms with Crippen LogP contribution in [0.4, 0.5) is 0 Å². The molecule has 0 aliphatic heterocycles. The third kappa shape index (κ3) is 8.65. The van der Waals surface area contributed by atoms with Gasteiger partial charge < -0.3 is 19.7 Å². The molecule has 29 heavy (non-hydrogen) atoms. The Morgan fingerprint density at radius 3 is 2.79 bits per heavy atom. The van der Waals surface area contributed by atoms with Crippen LogP contribution in [0.15, 0.2) is 34.6 Å². The monoisotopic (exact) mass is 552 g/mol. The molecule has 1 N–H and O–H groups in total. The predicted molar refractivity (Wildman–Crippen MR) is 132 cm³/mol. The van der Waals surface area contributed by atoms with Crippen molar-refractivity contribution >= 4 is 52.9 Å². The molecule has 2 aromatic rings. The minimum atomic E-state index is -0.0750. The Labute approximate surface area is 199 Å². The lowest BCUT2D eigenvalue weighted by Gasteiger charge is -2.22. The van der Waals surface area contributed by atoms with Gasteiger partial charge in [0.1, 0.15) is 23.0 Å². The third-order valence-corrected chi connectivity index (χ3v) is 5.29. The first-order valence-corrected chi connectivity index (χ1v) is 10.6. The summed E-state index contributed by atoms with van der Waals surface area (Å²) in [6.45, 7) is 8.03. The van der Waals surface area contributed by atoms with Crippen molar-refractivity contribution in [2.45, 2.75) is 39.5 Å². The summed E-state index contributed by atoms with van der Waals surface area (Å²) in [7, 11) is 3.70. The maximum Gasteiger partial charge on any atom is 0.194 e. The van der Waals surface area contributed by atoms with Gasteiger partial charge in [-0.2, -0.15) is 0 Å². The molecule has 162 valence electrons. The van der Waals surface area contributed by atoms with Crippen molar-refractivity contribution < 1.29 is 9.47 Å². The Morgan fingerprint density at radius 2 is 2.14 bits per heavy atom. The summed E-state index contributed by atoms with van der Waals surface area (Å²) in [5.41, 5.74) is 1.00. The Hall–Kier alpha value is -1.10. The molecule has 0 spiro atoms. The van der Waals surface area contributed by atoms with Crippen molar-refractivity contribution in [1.82, 2.24) is 15.2 Å². The fourth-order valence-corrected chi connectivity index (χ4v) is 3.52. The summed E-state index contributed by atoms with van der Waals surface area (Å²) in [5.74, 6) is 1.56. The molecule has 0 fully saturated rings. The van der Waals surface area contributed by atoms with E-state index in [0.29, 0.717) is 18.1 Å². The van der Waals surface area contributed by atoms with Gasteiger partial charge >= 0.3 is 0 Å². The van der Waals surface area contributed by atoms with Crippen LogP contribution in [0.5, 0.6) is 5.75 Å². The van der Waals surface area contributed by atoms with E-state index < -0.39 is 0 Å². The first-order chi connectivity index (χ1) is 13.4. The zero-order valence-electron chi connectivity index (χ0n) is 17.5. The molecular weight excluding hydrogens is 523 g/mol. The van der Waals surface area contributed by atoms with E-state index in [1.54, 1.807) is 24.5 Å². The highest BCUT2D eigenvalue weighted by molar-refractivity contribution is 14.0. The molecule has 1 heterocycles. The SMILES string of the molecule is CCNC(=NCC(C)Oc1cccc(Cl)c1)N(C)Cc1csc(C(C)OC)n1.I. The number of hydrogen-bond donors (Lipinski definition) is 1. The maximum absolute atomic E-state index is 6.01. The molecule has 6 nitrogen and oxygen atoms in total. The van der Waals surface area contributed by atoms with Crippen molar-refractivity contribution in [3.63, 3.8) is 0 Å². The molecule has 0 amide bonds. The number of aliphatic imine (C=N–C) groups is 1. The second-order valence-corrected chi connectivity index (χ2v) is 7.82. The number of guanidine groups is 1. The first kappa shape index (κ1) is 25.9. The molecule has 0 radical (unpaired) electrons. The van der Waals surface area contributed by atoms with Crippen LogP contribution in [0.3, 0.4) is 0 Å². The van der Waals surface area contributed by atoms with Gasteiger partial charge in [0.2, 0.25) is 0 Å². The van der Waals surface area contributed by atoms with E-state index in [1.807, 2.05) is 39.1 Å². The van der Waals surface area contributed by atoms with E-state index >= 15 is 0 Å². The first-order valence-electron chi connectivity index (χ1n) is 9.31. The number of halogens is 2. The zero-order valence-corrected chi connectivity index (χ0v) is 21.4. The van der Waals surface area contributed by atoms with E-state index in [2.05, 4.69) is 27.5 Å². The van der Waals surface area contributed by atoms with Crippen LogP contribution in [0.25, 0.3) is 0 Å². The largest absolute Gasteiger partial charge is 0.489 e. The number of aromatic nitrogens is 1. The lowest BCUT2D eigenvalue weighted by atomic mass is 10.3. The molecule has 0 saturated heterocycles. The van der Waals surface area contributed by atoms with Gasteiger partial charge in [0.25, 0.3) is 0 Å². The van der Waals surface area contributed by atoms with Crippen molar-refractivity contribution in [2.75, 3.05) is 27.2 Å². The molecule has 2 rings (SSSR count). The number of methoxy groups -OCH3 is 1. The zero-order chi connectivity index (χ0) is 20.5. The van der Waals surface area contributed by atoms with Gasteiger partial charge in [0.15, 0.2) is 5.96 Å². The van der Waals surface area contributed by atoms with Crippen LogP contribution in [0.1, 0.15) is 37.6 Å². The van der Waals surface area contributed by atoms with Gasteiger partial charge in [-0.05, 0) is 39.0 Å². The quantitative estimate of drug-likeness (QED) is 0.270. The van der Waals surface area contributed by atoms with Crippen LogP contribution in [0, 0.1) is 0 Å². The second kappa shape index (κ2) is 13.3. The van der Waals surface area contributed by atoms with Crippen molar-refractivity contribution in [2.24, 2.45) is 4.99 Å². The molecule has 0 saturated carbocycles. The van der Waals surface area contributed by atoms with Crippen LogP contribution < -0.4 is 10.1 Å². The van der Waals surface area contributed by atoms with Crippen LogP contribution in [-0.4, -0.2) is 49.2 Å². The van der Waals surface area contributed by atoms with Crippen LogP contribution in [0.2, 0.25) is 5.02 Å². The smallest absolute Gasteiger partial charge is 0.194 e. The third-order valence-electron chi connectivity index (χ3n) is 4.00. The standard InChI is InChI=1S/C20H29ClN4O2S.HI/c1-6-22-20(23-11-14(2)27-18-9-7-8-16(21)10-18)25(4)12-17-13-28-19(24-17)15(3)26-5;/h7-10,13-15H,6,11-12H2,1-5H3,(H,22,23);1H. The van der Waals surface area contributed by atoms with Crippen LogP contribution >= 0.6 is 46.9 Å². The van der Waals surface area contributed by atoms with Crippen molar-refractivity contribution in [3.05, 3.63) is 45.4 Å². The van der Waals surface area contributed by atoms with E-state index in [1.165, 1.54) is 0 Å². The Bertz CT molecular complexity index is 774. The number of ether oxygens (including phenoxy) is 2. The van der Waals surface area contributed by atoms with E-state index in [-0.39, 0.29) is 36.2 Å². The Morgan fingerprint density at radius 1 is 1.38 bits per heavy atom. The molecule has 0 bridgehead atoms. The highest BCUT2D eigenvalue weighted by Gasteiger charge is 2.13. The summed E-state index contributed by atoms with van der Waals surface area (Å²) >= 11 is 7.63. The molecule has 0 aliphatic carbocycles. The summed E-state index contributed by atoms with van der Waals surface area (Å²) in [5, 5.41) is 7.03. The summed E-state index contributed by atoms with van der Waals surface area (Å²) in [6.07, 6.45) is -0.0654. The number of thiazole rings is 1. The number of benzene rings is 1. The van der Waals surface area contributed by atoms with Crippen molar-refractivity contribution in [3.8, 4) is 5.75 Å². The number of nitrogens with zero attached hydrogens (tertiary/aromatic N) is 3. The van der Waals surface area contributed by atoms with E-state index in [4.69, 9.17) is 26.1 Å². The molecule has 2 atom stereocenters. The number of nitrogens with one attached hydrogen (secondary N) is 1. The van der Waals surface area contributed by atoms with Gasteiger partial charge in [-0.3, -0.25) is 0 Å². The van der Waals surface area contributed by atoms with E-state index in [0.717, 1.165) is 29.0 Å². The maximum atomic E-state index is 6.01. The van der Waals surface area contributed by atoms with Gasteiger partial charge in [0.05, 0.1) is 18.8 Å². The van der Waals surface area contributed by atoms with Gasteiger partial charge in [-0.25, -0.2) is 9.98 Å². The number of hydrogen-bond acceptors (Lipinski definition) is 5. The van der Waals surface area contributed by atoms with Crippen molar-refractivity contribution in [1.29, 1.82) is 0 Å². The summed E-state index contributed by atoms with van der Waals surface area (Å²) in [6, 6.07) is 7.40. The van der Waals surface area contributed by atoms with Crippen LogP contribution in [-0.2, 0) is 11.3 Å². The highest BCUT2D eigenvalue weighted by Crippen LogP contribution is 2.21. The topological polar surface area (TPSA) is 59.0 Å². The van der Waals surface area contributed by atoms with Gasteiger partial charge in [-0.1, -0.05) is 17.7 Å². The highest BCUT2D eigenvalue weighted by atomic mass is 127. The molecule has 1 aromatic carbocycles. The Kier molecular flexibility index (Phi) is 11.9. The van der Waals surface area contributed by atoms with E-state index in [9.17, 15) is 0 Å². The summed E-state index contributed by atoms with van der Waals surface area (Å²) < 4.78 is 11.2. The molecule has 1 aromatic heterocycles. The second-order valence-electron chi connectivity index (χ2n) is 6.49. The summed E-state index contributed by atoms with van der Waals surface area (Å²) in [4.78, 5) is 11.4. The molecule has 0 aliphatic rings.